The van der Waals surface area contributed by atoms with Crippen LogP contribution in [0.5, 0.6) is 5.75 Å². The van der Waals surface area contributed by atoms with Crippen LogP contribution in [0.1, 0.15) is 23.3 Å². The summed E-state index contributed by atoms with van der Waals surface area (Å²) in [5.41, 5.74) is 1.31. The lowest BCUT2D eigenvalue weighted by molar-refractivity contribution is 0.0902. The Morgan fingerprint density at radius 3 is 2.91 bits per heavy atom. The van der Waals surface area contributed by atoms with Gasteiger partial charge >= 0.3 is 0 Å². The summed E-state index contributed by atoms with van der Waals surface area (Å²) in [6, 6.07) is 7.26. The van der Waals surface area contributed by atoms with E-state index in [0.29, 0.717) is 18.5 Å². The van der Waals surface area contributed by atoms with Crippen LogP contribution < -0.4 is 10.1 Å². The Labute approximate surface area is 128 Å². The van der Waals surface area contributed by atoms with E-state index in [2.05, 4.69) is 10.3 Å². The minimum atomic E-state index is -0.553. The lowest BCUT2D eigenvalue weighted by Gasteiger charge is -2.11. The number of aliphatic hydroxyl groups excluding tert-OH is 2. The third-order valence-electron chi connectivity index (χ3n) is 4.30. The molecule has 0 spiro atoms. The van der Waals surface area contributed by atoms with Crippen LogP contribution in [0.3, 0.4) is 0 Å². The van der Waals surface area contributed by atoms with Crippen molar-refractivity contribution < 1.29 is 19.7 Å². The summed E-state index contributed by atoms with van der Waals surface area (Å²) in [6.45, 7) is -0.0558. The molecule has 1 fully saturated rings. The second kappa shape index (κ2) is 5.98. The Morgan fingerprint density at radius 1 is 1.41 bits per heavy atom. The molecule has 0 radical (unpaired) electrons. The Balaban J connectivity index is 1.72. The third kappa shape index (κ3) is 2.80. The van der Waals surface area contributed by atoms with Gasteiger partial charge in [-0.25, -0.2) is 0 Å². The summed E-state index contributed by atoms with van der Waals surface area (Å²) in [6.07, 6.45) is 0.518. The zero-order chi connectivity index (χ0) is 15.7. The Morgan fingerprint density at radius 2 is 2.23 bits per heavy atom. The number of aromatic amines is 1. The minimum absolute atomic E-state index is 0.0558. The second-order valence-electron chi connectivity index (χ2n) is 5.79. The van der Waals surface area contributed by atoms with Crippen LogP contribution in [0.25, 0.3) is 10.9 Å². The molecule has 1 amide bonds. The van der Waals surface area contributed by atoms with Gasteiger partial charge in [-0.1, -0.05) is 0 Å². The van der Waals surface area contributed by atoms with Gasteiger partial charge in [-0.15, -0.1) is 0 Å². The van der Waals surface area contributed by atoms with Crippen LogP contribution in [0.2, 0.25) is 0 Å². The van der Waals surface area contributed by atoms with E-state index in [1.54, 1.807) is 13.2 Å². The number of carbonyl (C=O) groups excluding carboxylic acids is 1. The zero-order valence-electron chi connectivity index (χ0n) is 12.4. The fraction of sp³-hybridized carbons (Fsp3) is 0.438. The molecule has 118 valence electrons. The van der Waals surface area contributed by atoms with Gasteiger partial charge in [-0.2, -0.15) is 0 Å². The maximum Gasteiger partial charge on any atom is 0.267 e. The zero-order valence-corrected chi connectivity index (χ0v) is 12.4. The molecule has 0 saturated heterocycles. The molecule has 1 heterocycles. The molecule has 1 aliphatic carbocycles. The number of methoxy groups -OCH3 is 1. The molecule has 3 atom stereocenters. The highest BCUT2D eigenvalue weighted by atomic mass is 16.5. The first-order valence-electron chi connectivity index (χ1n) is 7.37. The first-order chi connectivity index (χ1) is 10.6. The topological polar surface area (TPSA) is 94.6 Å². The second-order valence-corrected chi connectivity index (χ2v) is 5.79. The van der Waals surface area contributed by atoms with E-state index in [1.165, 1.54) is 0 Å². The molecular weight excluding hydrogens is 284 g/mol. The first kappa shape index (κ1) is 14.9. The van der Waals surface area contributed by atoms with Crippen molar-refractivity contribution in [3.63, 3.8) is 0 Å². The number of H-pyrrole nitrogens is 1. The van der Waals surface area contributed by atoms with Crippen LogP contribution in [0, 0.1) is 5.92 Å². The smallest absolute Gasteiger partial charge is 0.267 e. The van der Waals surface area contributed by atoms with Crippen LogP contribution >= 0.6 is 0 Å². The van der Waals surface area contributed by atoms with E-state index in [0.717, 1.165) is 16.7 Å². The van der Waals surface area contributed by atoms with E-state index < -0.39 is 6.10 Å². The highest BCUT2D eigenvalue weighted by Gasteiger charge is 2.33. The Kier molecular flexibility index (Phi) is 4.04. The number of aromatic nitrogens is 1. The van der Waals surface area contributed by atoms with Gasteiger partial charge < -0.3 is 25.3 Å². The van der Waals surface area contributed by atoms with Gasteiger partial charge in [0.05, 0.1) is 13.2 Å². The SMILES string of the molecule is COc1ccc2cc(C(=O)N[C@H]3C[C@H](CO)[C@@H](O)C3)[nH]c2c1. The van der Waals surface area contributed by atoms with Crippen molar-refractivity contribution in [3.05, 3.63) is 30.0 Å². The lowest BCUT2D eigenvalue weighted by Crippen LogP contribution is -2.33. The molecule has 0 unspecified atom stereocenters. The van der Waals surface area contributed by atoms with E-state index in [-0.39, 0.29) is 24.5 Å². The number of fused-ring (bicyclic) bond motifs is 1. The molecule has 2 aromatic rings. The molecule has 0 aliphatic heterocycles. The van der Waals surface area contributed by atoms with E-state index in [1.807, 2.05) is 18.2 Å². The average molecular weight is 304 g/mol. The number of carbonyl (C=O) groups is 1. The van der Waals surface area contributed by atoms with Gasteiger partial charge in [0.15, 0.2) is 0 Å². The summed E-state index contributed by atoms with van der Waals surface area (Å²) in [4.78, 5) is 15.4. The average Bonchev–Trinajstić information content (AvgIpc) is 3.09. The highest BCUT2D eigenvalue weighted by Crippen LogP contribution is 2.26. The van der Waals surface area contributed by atoms with E-state index in [4.69, 9.17) is 9.84 Å². The number of amides is 1. The van der Waals surface area contributed by atoms with Crippen molar-refractivity contribution >= 4 is 16.8 Å². The van der Waals surface area contributed by atoms with Crippen molar-refractivity contribution in [2.75, 3.05) is 13.7 Å². The quantitative estimate of drug-likeness (QED) is 0.679. The molecular formula is C16H20N2O4. The maximum absolute atomic E-state index is 12.3. The van der Waals surface area contributed by atoms with E-state index >= 15 is 0 Å². The molecule has 1 aliphatic rings. The van der Waals surface area contributed by atoms with Gasteiger partial charge in [0.25, 0.3) is 5.91 Å². The standard InChI is InChI=1S/C16H20N2O4/c1-22-12-3-2-9-5-14(18-13(9)7-12)16(21)17-11-4-10(8-19)15(20)6-11/h2-3,5,7,10-11,15,18-20H,4,6,8H2,1H3,(H,17,21)/t10-,11+,15+/m1/s1. The number of benzene rings is 1. The predicted octanol–water partition coefficient (Wildman–Crippen LogP) is 1.04. The number of hydrogen-bond donors (Lipinski definition) is 4. The minimum Gasteiger partial charge on any atom is -0.497 e. The van der Waals surface area contributed by atoms with Crippen LogP contribution in [-0.4, -0.2) is 47.0 Å². The Hall–Kier alpha value is -2.05. The molecule has 1 saturated carbocycles. The summed E-state index contributed by atoms with van der Waals surface area (Å²) in [5.74, 6) is 0.370. The van der Waals surface area contributed by atoms with Gasteiger partial charge in [0.1, 0.15) is 11.4 Å². The molecule has 6 nitrogen and oxygen atoms in total. The van der Waals surface area contributed by atoms with Crippen molar-refractivity contribution in [2.45, 2.75) is 25.0 Å². The highest BCUT2D eigenvalue weighted by molar-refractivity contribution is 5.98. The number of ether oxygens (including phenoxy) is 1. The number of rotatable bonds is 4. The van der Waals surface area contributed by atoms with Gasteiger partial charge in [0, 0.05) is 35.5 Å². The summed E-state index contributed by atoms with van der Waals surface area (Å²) in [7, 11) is 1.60. The molecule has 1 aromatic heterocycles. The van der Waals surface area contributed by atoms with Crippen molar-refractivity contribution in [2.24, 2.45) is 5.92 Å². The van der Waals surface area contributed by atoms with Gasteiger partial charge in [0.2, 0.25) is 0 Å². The Bertz CT molecular complexity index is 682. The summed E-state index contributed by atoms with van der Waals surface area (Å²) >= 11 is 0. The largest absolute Gasteiger partial charge is 0.497 e. The van der Waals surface area contributed by atoms with Crippen LogP contribution in [-0.2, 0) is 0 Å². The lowest BCUT2D eigenvalue weighted by atomic mass is 10.1. The molecule has 0 bridgehead atoms. The number of nitrogens with one attached hydrogen (secondary N) is 2. The number of hydrogen-bond acceptors (Lipinski definition) is 4. The van der Waals surface area contributed by atoms with Crippen molar-refractivity contribution in [1.29, 1.82) is 0 Å². The van der Waals surface area contributed by atoms with Crippen LogP contribution in [0.4, 0.5) is 0 Å². The molecule has 1 aromatic carbocycles. The monoisotopic (exact) mass is 304 g/mol. The molecule has 3 rings (SSSR count). The fourth-order valence-corrected chi connectivity index (χ4v) is 3.04. The summed E-state index contributed by atoms with van der Waals surface area (Å²) < 4.78 is 5.16. The molecule has 22 heavy (non-hydrogen) atoms. The third-order valence-corrected chi connectivity index (χ3v) is 4.30. The molecule has 6 heteroatoms. The van der Waals surface area contributed by atoms with Gasteiger partial charge in [-0.05, 0) is 31.0 Å². The summed E-state index contributed by atoms with van der Waals surface area (Å²) in [5, 5.41) is 22.8. The maximum atomic E-state index is 12.3. The molecule has 4 N–H and O–H groups in total. The predicted molar refractivity (Wildman–Crippen MR) is 81.9 cm³/mol. The van der Waals surface area contributed by atoms with Crippen molar-refractivity contribution in [1.82, 2.24) is 10.3 Å². The first-order valence-corrected chi connectivity index (χ1v) is 7.37. The fourth-order valence-electron chi connectivity index (χ4n) is 3.04. The van der Waals surface area contributed by atoms with E-state index in [9.17, 15) is 9.90 Å². The van der Waals surface area contributed by atoms with Crippen LogP contribution in [0.15, 0.2) is 24.3 Å². The number of aliphatic hydroxyl groups is 2. The van der Waals surface area contributed by atoms with Crippen molar-refractivity contribution in [3.8, 4) is 5.75 Å². The normalized spacial score (nSPS) is 24.6. The van der Waals surface area contributed by atoms with Gasteiger partial charge in [-0.3, -0.25) is 4.79 Å².